The van der Waals surface area contributed by atoms with Crippen LogP contribution in [-0.4, -0.2) is 35.7 Å². The molecule has 2 heterocycles. The van der Waals surface area contributed by atoms with E-state index in [-0.39, 0.29) is 12.6 Å². The second kappa shape index (κ2) is 7.16. The summed E-state index contributed by atoms with van der Waals surface area (Å²) < 4.78 is 36.0. The summed E-state index contributed by atoms with van der Waals surface area (Å²) in [6.07, 6.45) is 2.67. The Bertz CT molecular complexity index is 499. The second-order valence-electron chi connectivity index (χ2n) is 4.26. The lowest BCUT2D eigenvalue weighted by atomic mass is 10.2. The second-order valence-corrected chi connectivity index (χ2v) is 4.26. The highest BCUT2D eigenvalue weighted by Gasteiger charge is 2.20. The highest BCUT2D eigenvalue weighted by atomic mass is 19.3. The number of nitrogens with zero attached hydrogens (tertiary/aromatic N) is 2. The first-order valence-electron chi connectivity index (χ1n) is 6.28. The fraction of sp³-hybridized carbons (Fsp3) is 0.462. The lowest BCUT2D eigenvalue weighted by Crippen LogP contribution is -2.28. The lowest BCUT2D eigenvalue weighted by Gasteiger charge is -2.16. The molecule has 1 unspecified atom stereocenters. The van der Waals surface area contributed by atoms with E-state index in [2.05, 4.69) is 10.3 Å². The van der Waals surface area contributed by atoms with Gasteiger partial charge in [0.2, 0.25) is 0 Å². The van der Waals surface area contributed by atoms with Crippen molar-refractivity contribution < 1.29 is 17.9 Å². The van der Waals surface area contributed by atoms with E-state index in [0.717, 1.165) is 5.82 Å². The van der Waals surface area contributed by atoms with Crippen LogP contribution in [0.1, 0.15) is 17.6 Å². The largest absolute Gasteiger partial charge is 0.467 e. The predicted octanol–water partition coefficient (Wildman–Crippen LogP) is 1.97. The van der Waals surface area contributed by atoms with Crippen molar-refractivity contribution in [1.82, 2.24) is 14.9 Å². The average Bonchev–Trinajstić information content (AvgIpc) is 3.05. The van der Waals surface area contributed by atoms with Crippen LogP contribution in [0.3, 0.4) is 0 Å². The summed E-state index contributed by atoms with van der Waals surface area (Å²) in [5.41, 5.74) is 0. The molecule has 2 aromatic rings. The summed E-state index contributed by atoms with van der Waals surface area (Å²) in [6, 6.07) is 3.40. The third kappa shape index (κ3) is 3.88. The third-order valence-electron chi connectivity index (χ3n) is 2.78. The number of alkyl halides is 2. The van der Waals surface area contributed by atoms with Crippen molar-refractivity contribution in [2.75, 3.05) is 19.8 Å². The number of hydrogen-bond donors (Lipinski definition) is 1. The smallest absolute Gasteiger partial charge is 0.261 e. The quantitative estimate of drug-likeness (QED) is 0.753. The standard InChI is InChI=1S/C13H17F2N3O2/c1-18-6-4-17-13(18)12(10-3-2-7-20-10)16-5-8-19-9-11(14)15/h2-4,6-7,11-12,16H,5,8-9H2,1H3. The molecule has 0 aliphatic rings. The molecule has 0 amide bonds. The zero-order valence-electron chi connectivity index (χ0n) is 11.1. The van der Waals surface area contributed by atoms with Gasteiger partial charge in [0.05, 0.1) is 12.9 Å². The van der Waals surface area contributed by atoms with Gasteiger partial charge in [-0.15, -0.1) is 0 Å². The number of hydrogen-bond acceptors (Lipinski definition) is 4. The molecule has 0 spiro atoms. The Kier molecular flexibility index (Phi) is 5.25. The average molecular weight is 285 g/mol. The molecule has 2 aromatic heterocycles. The third-order valence-corrected chi connectivity index (χ3v) is 2.78. The molecule has 0 saturated carbocycles. The molecule has 0 saturated heterocycles. The van der Waals surface area contributed by atoms with Crippen LogP contribution in [-0.2, 0) is 11.8 Å². The van der Waals surface area contributed by atoms with Crippen molar-refractivity contribution >= 4 is 0 Å². The molecule has 110 valence electrons. The van der Waals surface area contributed by atoms with E-state index < -0.39 is 13.0 Å². The normalized spacial score (nSPS) is 13.0. The molecule has 7 heteroatoms. The number of furan rings is 1. The Labute approximate surface area is 115 Å². The highest BCUT2D eigenvalue weighted by Crippen LogP contribution is 2.20. The zero-order valence-corrected chi connectivity index (χ0v) is 11.1. The molecule has 0 aliphatic heterocycles. The fourth-order valence-electron chi connectivity index (χ4n) is 1.88. The van der Waals surface area contributed by atoms with E-state index in [9.17, 15) is 8.78 Å². The molecular formula is C13H17F2N3O2. The van der Waals surface area contributed by atoms with Crippen LogP contribution in [0, 0.1) is 0 Å². The molecule has 1 atom stereocenters. The van der Waals surface area contributed by atoms with Gasteiger partial charge in [-0.2, -0.15) is 0 Å². The fourth-order valence-corrected chi connectivity index (χ4v) is 1.88. The minimum Gasteiger partial charge on any atom is -0.467 e. The van der Waals surface area contributed by atoms with E-state index in [1.54, 1.807) is 18.5 Å². The highest BCUT2D eigenvalue weighted by molar-refractivity contribution is 5.15. The first-order valence-corrected chi connectivity index (χ1v) is 6.28. The number of ether oxygens (including phenoxy) is 1. The van der Waals surface area contributed by atoms with Crippen LogP contribution in [0.2, 0.25) is 0 Å². The van der Waals surface area contributed by atoms with Crippen LogP contribution < -0.4 is 5.32 Å². The molecular weight excluding hydrogens is 268 g/mol. The molecule has 5 nitrogen and oxygen atoms in total. The van der Waals surface area contributed by atoms with Crippen LogP contribution in [0.15, 0.2) is 35.2 Å². The minimum atomic E-state index is -2.44. The number of rotatable bonds is 8. The van der Waals surface area contributed by atoms with Gasteiger partial charge in [-0.1, -0.05) is 0 Å². The maximum atomic E-state index is 11.9. The molecule has 0 bridgehead atoms. The van der Waals surface area contributed by atoms with Gasteiger partial charge in [0, 0.05) is 26.0 Å². The summed E-state index contributed by atoms with van der Waals surface area (Å²) in [5, 5.41) is 3.19. The van der Waals surface area contributed by atoms with Crippen molar-refractivity contribution in [1.29, 1.82) is 0 Å². The number of nitrogens with one attached hydrogen (secondary N) is 1. The van der Waals surface area contributed by atoms with Crippen LogP contribution in [0.4, 0.5) is 8.78 Å². The Hall–Kier alpha value is -1.73. The van der Waals surface area contributed by atoms with Crippen molar-refractivity contribution in [2.24, 2.45) is 7.05 Å². The predicted molar refractivity (Wildman–Crippen MR) is 68.6 cm³/mol. The summed E-state index contributed by atoms with van der Waals surface area (Å²) >= 11 is 0. The van der Waals surface area contributed by atoms with Crippen LogP contribution in [0.5, 0.6) is 0 Å². The molecule has 0 aliphatic carbocycles. The van der Waals surface area contributed by atoms with Gasteiger partial charge in [-0.3, -0.25) is 5.32 Å². The van der Waals surface area contributed by atoms with Crippen LogP contribution in [0.25, 0.3) is 0 Å². The monoisotopic (exact) mass is 285 g/mol. The molecule has 1 N–H and O–H groups in total. The van der Waals surface area contributed by atoms with E-state index in [1.165, 1.54) is 0 Å². The van der Waals surface area contributed by atoms with Gasteiger partial charge in [0.15, 0.2) is 0 Å². The van der Waals surface area contributed by atoms with E-state index in [4.69, 9.17) is 9.15 Å². The summed E-state index contributed by atoms with van der Waals surface area (Å²) in [4.78, 5) is 4.28. The van der Waals surface area contributed by atoms with Gasteiger partial charge in [-0.05, 0) is 12.1 Å². The van der Waals surface area contributed by atoms with Gasteiger partial charge < -0.3 is 13.7 Å². The van der Waals surface area contributed by atoms with Crippen molar-refractivity contribution in [3.8, 4) is 0 Å². The van der Waals surface area contributed by atoms with E-state index >= 15 is 0 Å². The minimum absolute atomic E-state index is 0.200. The maximum Gasteiger partial charge on any atom is 0.261 e. The number of imidazole rings is 1. The van der Waals surface area contributed by atoms with Crippen molar-refractivity contribution in [3.63, 3.8) is 0 Å². The number of halogens is 2. The maximum absolute atomic E-state index is 11.9. The molecule has 2 rings (SSSR count). The molecule has 0 fully saturated rings. The lowest BCUT2D eigenvalue weighted by molar-refractivity contribution is 0.0182. The van der Waals surface area contributed by atoms with Gasteiger partial charge in [0.25, 0.3) is 6.43 Å². The SMILES string of the molecule is Cn1ccnc1C(NCCOCC(F)F)c1ccco1. The molecule has 20 heavy (non-hydrogen) atoms. The van der Waals surface area contributed by atoms with Gasteiger partial charge >= 0.3 is 0 Å². The Morgan fingerprint density at radius 1 is 1.50 bits per heavy atom. The van der Waals surface area contributed by atoms with Gasteiger partial charge in [-0.25, -0.2) is 13.8 Å². The summed E-state index contributed by atoms with van der Waals surface area (Å²) in [6.45, 7) is 0.0758. The Morgan fingerprint density at radius 3 is 2.95 bits per heavy atom. The summed E-state index contributed by atoms with van der Waals surface area (Å²) in [7, 11) is 1.88. The van der Waals surface area contributed by atoms with Crippen LogP contribution >= 0.6 is 0 Å². The van der Waals surface area contributed by atoms with Gasteiger partial charge in [0.1, 0.15) is 24.2 Å². The first kappa shape index (κ1) is 14.7. The number of aromatic nitrogens is 2. The van der Waals surface area contributed by atoms with Crippen molar-refractivity contribution in [2.45, 2.75) is 12.5 Å². The van der Waals surface area contributed by atoms with Crippen molar-refractivity contribution in [3.05, 3.63) is 42.4 Å². The molecule has 0 radical (unpaired) electrons. The van der Waals surface area contributed by atoms with E-state index in [1.807, 2.05) is 23.9 Å². The topological polar surface area (TPSA) is 52.2 Å². The molecule has 0 aromatic carbocycles. The Morgan fingerprint density at radius 2 is 2.35 bits per heavy atom. The Balaban J connectivity index is 1.93. The van der Waals surface area contributed by atoms with E-state index in [0.29, 0.717) is 12.3 Å². The first-order chi connectivity index (χ1) is 9.68. The summed E-state index contributed by atoms with van der Waals surface area (Å²) in [5.74, 6) is 1.50. The zero-order chi connectivity index (χ0) is 14.4. The number of aryl methyl sites for hydroxylation is 1.